The Morgan fingerprint density at radius 2 is 1.29 bits per heavy atom. The average molecular weight is 551 g/mol. The van der Waals surface area contributed by atoms with E-state index < -0.39 is 77.9 Å². The topological polar surface area (TPSA) is 132 Å². The Morgan fingerprint density at radius 1 is 0.842 bits per heavy atom. The zero-order valence-corrected chi connectivity index (χ0v) is 24.1. The van der Waals surface area contributed by atoms with Gasteiger partial charge < -0.3 is 34.7 Å². The molecule has 12 heteroatoms. The molecule has 0 saturated carbocycles. The Kier molecular flexibility index (Phi) is 12.7. The predicted octanol–water partition coefficient (Wildman–Crippen LogP) is 4.67. The Hall–Kier alpha value is -2.89. The monoisotopic (exact) mass is 550 g/mol. The highest BCUT2D eigenvalue weighted by atomic mass is 19.1. The van der Waals surface area contributed by atoms with Gasteiger partial charge in [0.05, 0.1) is 13.3 Å². The van der Waals surface area contributed by atoms with Crippen molar-refractivity contribution in [2.45, 2.75) is 98.8 Å². The molecule has 0 bridgehead atoms. The molecular weight excluding hydrogens is 506 g/mol. The van der Waals surface area contributed by atoms with Crippen LogP contribution in [-0.2, 0) is 23.7 Å². The van der Waals surface area contributed by atoms with Crippen LogP contribution in [0.2, 0.25) is 0 Å². The zero-order valence-electron chi connectivity index (χ0n) is 24.1. The number of aliphatic hydroxyl groups excluding tert-OH is 1. The molecule has 0 saturated heterocycles. The maximum atomic E-state index is 13.8. The van der Waals surface area contributed by atoms with Gasteiger partial charge in [0.1, 0.15) is 23.3 Å². The van der Waals surface area contributed by atoms with Crippen molar-refractivity contribution in [2.75, 3.05) is 13.3 Å². The van der Waals surface area contributed by atoms with E-state index in [1.54, 1.807) is 41.5 Å². The van der Waals surface area contributed by atoms with E-state index in [4.69, 9.17) is 18.9 Å². The molecule has 0 spiro atoms. The molecule has 0 aliphatic rings. The van der Waals surface area contributed by atoms with E-state index in [1.807, 2.05) is 0 Å². The molecule has 3 atom stereocenters. The van der Waals surface area contributed by atoms with Gasteiger partial charge in [-0.05, 0) is 41.5 Å². The third-order valence-electron chi connectivity index (χ3n) is 4.86. The van der Waals surface area contributed by atoms with Crippen molar-refractivity contribution in [2.24, 2.45) is 10.8 Å². The van der Waals surface area contributed by atoms with Gasteiger partial charge in [-0.1, -0.05) is 40.3 Å². The van der Waals surface area contributed by atoms with Gasteiger partial charge in [-0.25, -0.2) is 14.4 Å². The first-order chi connectivity index (χ1) is 17.1. The van der Waals surface area contributed by atoms with E-state index in [1.165, 1.54) is 33.8 Å². The summed E-state index contributed by atoms with van der Waals surface area (Å²) in [7, 11) is 0. The quantitative estimate of drug-likeness (QED) is 0.105. The number of amides is 2. The lowest BCUT2D eigenvalue weighted by atomic mass is 9.85. The highest BCUT2D eigenvalue weighted by Gasteiger charge is 2.42. The fraction of sp³-hybridized carbons (Fsp3) is 0.731. The lowest BCUT2D eigenvalue weighted by molar-refractivity contribution is -0.171. The molecule has 1 unspecified atom stereocenters. The van der Waals surface area contributed by atoms with E-state index in [2.05, 4.69) is 17.2 Å². The second-order valence-corrected chi connectivity index (χ2v) is 12.1. The maximum absolute atomic E-state index is 13.8. The van der Waals surface area contributed by atoms with Crippen LogP contribution in [0.25, 0.3) is 0 Å². The Bertz CT molecular complexity index is 860. The smallest absolute Gasteiger partial charge is 0.408 e. The molecule has 0 aromatic rings. The second kappa shape index (κ2) is 13.8. The molecule has 0 rings (SSSR count). The number of carbonyl (C=O) groups excluding carboxylic acids is 3. The molecule has 220 valence electrons. The van der Waals surface area contributed by atoms with Crippen LogP contribution in [0.4, 0.5) is 18.4 Å². The third-order valence-corrected chi connectivity index (χ3v) is 4.86. The molecule has 0 aliphatic carbocycles. The second-order valence-electron chi connectivity index (χ2n) is 12.1. The first-order valence-electron chi connectivity index (χ1n) is 12.1. The van der Waals surface area contributed by atoms with Crippen LogP contribution >= 0.6 is 0 Å². The SMILES string of the molecule is C=C/C=C(\OC(=O)[C@@H](NC(=O)OC(C)(C)C)C(C)(C)CF)OC(O)[C@@H](NC(=O)OC(C)(C)C)C(C)(C)CF. The summed E-state index contributed by atoms with van der Waals surface area (Å²) in [5.41, 5.74) is -4.54. The molecule has 2 amide bonds. The third kappa shape index (κ3) is 12.6. The van der Waals surface area contributed by atoms with E-state index in [0.717, 1.165) is 6.08 Å². The maximum Gasteiger partial charge on any atom is 0.408 e. The number of alkyl carbamates (subject to hydrolysis) is 2. The summed E-state index contributed by atoms with van der Waals surface area (Å²) in [5.74, 6) is -1.74. The summed E-state index contributed by atoms with van der Waals surface area (Å²) in [4.78, 5) is 37.7. The van der Waals surface area contributed by atoms with Gasteiger partial charge in [0, 0.05) is 16.9 Å². The molecule has 0 heterocycles. The van der Waals surface area contributed by atoms with E-state index in [0.29, 0.717) is 0 Å². The average Bonchev–Trinajstić information content (AvgIpc) is 2.73. The Morgan fingerprint density at radius 3 is 1.68 bits per heavy atom. The Balaban J connectivity index is 5.92. The fourth-order valence-corrected chi connectivity index (χ4v) is 2.78. The molecule has 3 N–H and O–H groups in total. The number of nitrogens with one attached hydrogen (secondary N) is 2. The number of aliphatic hydroxyl groups is 1. The van der Waals surface area contributed by atoms with Gasteiger partial charge in [-0.3, -0.25) is 8.78 Å². The summed E-state index contributed by atoms with van der Waals surface area (Å²) in [6, 6.07) is -2.90. The van der Waals surface area contributed by atoms with Crippen LogP contribution in [-0.4, -0.2) is 66.2 Å². The Labute approximate surface area is 224 Å². The molecule has 0 fully saturated rings. The number of hydrogen-bond donors (Lipinski definition) is 3. The number of carbonyl (C=O) groups is 3. The zero-order chi connectivity index (χ0) is 30.1. The van der Waals surface area contributed by atoms with Crippen LogP contribution in [0.3, 0.4) is 0 Å². The minimum absolute atomic E-state index is 0.603. The standard InChI is InChI=1S/C26H44F2N2O8/c1-12-13-16(35-19(31)17(25(8,9)14-27)29-21(33)37-23(2,3)4)36-20(32)18(26(10,11)15-28)30-22(34)38-24(5,6)7/h12-13,17-19,31H,1,14-15H2,2-11H3,(H,29,33)(H,30,34)/b16-13-/t17-,18-,19?/m1/s1. The van der Waals surface area contributed by atoms with Crippen LogP contribution in [0.1, 0.15) is 69.2 Å². The van der Waals surface area contributed by atoms with E-state index in [-0.39, 0.29) is 0 Å². The normalized spacial score (nSPS) is 15.4. The van der Waals surface area contributed by atoms with Crippen molar-refractivity contribution in [1.82, 2.24) is 10.6 Å². The molecular formula is C26H44F2N2O8. The van der Waals surface area contributed by atoms with Gasteiger partial charge in [0.15, 0.2) is 0 Å². The van der Waals surface area contributed by atoms with Crippen LogP contribution < -0.4 is 10.6 Å². The summed E-state index contributed by atoms with van der Waals surface area (Å²) in [6.45, 7) is 16.8. The number of alkyl halides is 2. The summed E-state index contributed by atoms with van der Waals surface area (Å²) in [6.07, 6.45) is -1.62. The molecule has 0 radical (unpaired) electrons. The van der Waals surface area contributed by atoms with Crippen molar-refractivity contribution in [1.29, 1.82) is 0 Å². The molecule has 10 nitrogen and oxygen atoms in total. The predicted molar refractivity (Wildman–Crippen MR) is 137 cm³/mol. The van der Waals surface area contributed by atoms with Crippen LogP contribution in [0, 0.1) is 10.8 Å². The van der Waals surface area contributed by atoms with Crippen molar-refractivity contribution in [3.05, 3.63) is 24.7 Å². The molecule has 0 aromatic carbocycles. The summed E-state index contributed by atoms with van der Waals surface area (Å²) in [5, 5.41) is 15.5. The van der Waals surface area contributed by atoms with Crippen LogP contribution in [0.5, 0.6) is 0 Å². The summed E-state index contributed by atoms with van der Waals surface area (Å²) >= 11 is 0. The van der Waals surface area contributed by atoms with Crippen LogP contribution in [0.15, 0.2) is 24.7 Å². The first kappa shape index (κ1) is 35.1. The largest absolute Gasteiger partial charge is 0.444 e. The number of esters is 1. The number of hydrogen-bond acceptors (Lipinski definition) is 8. The number of rotatable bonds is 12. The van der Waals surface area contributed by atoms with Crippen molar-refractivity contribution in [3.63, 3.8) is 0 Å². The number of halogens is 2. The van der Waals surface area contributed by atoms with E-state index >= 15 is 0 Å². The van der Waals surface area contributed by atoms with Gasteiger partial charge in [0.2, 0.25) is 6.29 Å². The number of allylic oxidation sites excluding steroid dienone is 2. The van der Waals surface area contributed by atoms with Gasteiger partial charge in [-0.15, -0.1) is 0 Å². The van der Waals surface area contributed by atoms with E-state index in [9.17, 15) is 28.3 Å². The fourth-order valence-electron chi connectivity index (χ4n) is 2.78. The molecule has 38 heavy (non-hydrogen) atoms. The van der Waals surface area contributed by atoms with Gasteiger partial charge in [0.25, 0.3) is 5.95 Å². The minimum Gasteiger partial charge on any atom is -0.444 e. The lowest BCUT2D eigenvalue weighted by Gasteiger charge is -2.36. The highest BCUT2D eigenvalue weighted by molar-refractivity contribution is 5.83. The van der Waals surface area contributed by atoms with Crippen molar-refractivity contribution < 1.29 is 47.2 Å². The minimum atomic E-state index is -1.93. The molecule has 0 aromatic heterocycles. The first-order valence-corrected chi connectivity index (χ1v) is 12.1. The van der Waals surface area contributed by atoms with Gasteiger partial charge in [-0.2, -0.15) is 0 Å². The van der Waals surface area contributed by atoms with Crippen molar-refractivity contribution >= 4 is 18.2 Å². The highest BCUT2D eigenvalue weighted by Crippen LogP contribution is 2.28. The molecule has 0 aliphatic heterocycles. The van der Waals surface area contributed by atoms with Gasteiger partial charge >= 0.3 is 18.2 Å². The lowest BCUT2D eigenvalue weighted by Crippen LogP contribution is -2.55. The number of ether oxygens (including phenoxy) is 4. The van der Waals surface area contributed by atoms with Crippen molar-refractivity contribution in [3.8, 4) is 0 Å². The summed E-state index contributed by atoms with van der Waals surface area (Å²) < 4.78 is 48.5.